The van der Waals surface area contributed by atoms with E-state index in [1.54, 1.807) is 75.4 Å². The number of halogens is 2. The summed E-state index contributed by atoms with van der Waals surface area (Å²) in [6, 6.07) is 15.2. The van der Waals surface area contributed by atoms with Crippen molar-refractivity contribution in [1.82, 2.24) is 21.7 Å². The molecule has 2 aromatic carbocycles. The summed E-state index contributed by atoms with van der Waals surface area (Å²) in [5.74, 6) is -2.40. The monoisotopic (exact) mass is 1360 g/mol. The molecule has 1 heterocycles. The van der Waals surface area contributed by atoms with Crippen LogP contribution in [0.15, 0.2) is 73.3 Å². The van der Waals surface area contributed by atoms with E-state index in [0.29, 0.717) is 30.4 Å². The van der Waals surface area contributed by atoms with Gasteiger partial charge in [0.2, 0.25) is 0 Å². The van der Waals surface area contributed by atoms with Crippen molar-refractivity contribution in [3.63, 3.8) is 0 Å². The summed E-state index contributed by atoms with van der Waals surface area (Å²) < 4.78 is 19.9. The topological polar surface area (TPSA) is 290 Å². The van der Waals surface area contributed by atoms with Gasteiger partial charge in [-0.25, -0.2) is 10.9 Å². The molecule has 71 heavy (non-hydrogen) atoms. The van der Waals surface area contributed by atoms with Crippen molar-refractivity contribution in [3.8, 4) is 0 Å². The molecule has 0 aliphatic carbocycles. The maximum atomic E-state index is 11.9. The Balaban J connectivity index is -0.000000264. The van der Waals surface area contributed by atoms with Crippen LogP contribution >= 0.6 is 28.6 Å². The van der Waals surface area contributed by atoms with E-state index in [-0.39, 0.29) is 104 Å². The van der Waals surface area contributed by atoms with Gasteiger partial charge >= 0.3 is 96.8 Å². The van der Waals surface area contributed by atoms with Crippen LogP contribution in [-0.4, -0.2) is 103 Å². The van der Waals surface area contributed by atoms with Gasteiger partial charge in [-0.05, 0) is 82.6 Å². The minimum atomic E-state index is -0.913. The van der Waals surface area contributed by atoms with Crippen LogP contribution in [0.3, 0.4) is 0 Å². The number of carboxylic acid groups (broad SMARTS) is 1. The summed E-state index contributed by atoms with van der Waals surface area (Å²) in [5, 5.41) is 8.36. The molecule has 2 amide bonds. The molecule has 0 aromatic heterocycles. The third-order valence-corrected chi connectivity index (χ3v) is 10.5. The minimum Gasteiger partial charge on any atom is -0.870 e. The number of nitrogens with two attached hydrogens (primary N) is 2. The number of benzene rings is 2. The van der Waals surface area contributed by atoms with Crippen molar-refractivity contribution in [2.24, 2.45) is 35.1 Å². The first-order chi connectivity index (χ1) is 32.7. The van der Waals surface area contributed by atoms with E-state index in [1.807, 2.05) is 60.6 Å². The molecule has 18 nitrogen and oxygen atoms in total. The van der Waals surface area contributed by atoms with Gasteiger partial charge in [-0.15, -0.1) is 6.58 Å². The van der Waals surface area contributed by atoms with Crippen LogP contribution in [-0.2, 0) is 38.1 Å². The van der Waals surface area contributed by atoms with Gasteiger partial charge in [-0.3, -0.25) is 39.6 Å². The number of esters is 3. The second-order valence-electron chi connectivity index (χ2n) is 15.7. The third-order valence-electron chi connectivity index (χ3n) is 10.5. The van der Waals surface area contributed by atoms with E-state index in [9.17, 15) is 28.8 Å². The molecular weight excluding hydrogens is 1280 g/mol. The molecule has 22 heteroatoms. The van der Waals surface area contributed by atoms with Crippen molar-refractivity contribution in [2.75, 3.05) is 26.4 Å². The van der Waals surface area contributed by atoms with E-state index in [2.05, 4.69) is 63.8 Å². The average Bonchev–Trinajstić information content (AvgIpc) is 3.85. The predicted molar refractivity (Wildman–Crippen MR) is 287 cm³/mol. The van der Waals surface area contributed by atoms with Crippen LogP contribution < -0.4 is 52.0 Å². The summed E-state index contributed by atoms with van der Waals surface area (Å²) in [6.07, 6.45) is 7.22. The van der Waals surface area contributed by atoms with Gasteiger partial charge < -0.3 is 41.0 Å². The second-order valence-corrected chi connectivity index (χ2v) is 35.1. The Hall–Kier alpha value is -1.84. The first kappa shape index (κ1) is 78.0. The Morgan fingerprint density at radius 1 is 0.704 bits per heavy atom. The van der Waals surface area contributed by atoms with E-state index in [1.165, 1.54) is 12.8 Å². The predicted octanol–water partition coefficient (Wildman–Crippen LogP) is 4.72. The molecule has 1 saturated heterocycles. The van der Waals surface area contributed by atoms with Crippen molar-refractivity contribution in [2.45, 2.75) is 139 Å². The van der Waals surface area contributed by atoms with Crippen molar-refractivity contribution < 1.29 is 103 Å². The molecule has 9 atom stereocenters. The SMILES string of the molecule is C=C[C@H](C)[C@@H](NNC(=O)c1ccccc1)C(=O)OCC.CC1CCCO1.CCOC(=O)[C@H](N)[C@@H](C)CC.CCOC(=O)[C@H](NNC(=O)c1ccccc1)[C@@H](C)CC.CC[C@H](C)[C@@H](N)C(=O)O.[I][Sm][I].[Li+].[OH-]. The van der Waals surface area contributed by atoms with Crippen LogP contribution in [0, 0.1) is 49.1 Å². The smallest absolute Gasteiger partial charge is 0.870 e. The second kappa shape index (κ2) is 50.3. The maximum absolute atomic E-state index is 11.9. The first-order valence-corrected chi connectivity index (χ1v) is 38.4. The number of amides is 2. The molecule has 402 valence electrons. The van der Waals surface area contributed by atoms with Gasteiger partial charge in [0, 0.05) is 23.7 Å². The zero-order valence-electron chi connectivity index (χ0n) is 43.9. The quantitative estimate of drug-likeness (QED) is 0.0222. The summed E-state index contributed by atoms with van der Waals surface area (Å²) in [4.78, 5) is 68.6. The van der Waals surface area contributed by atoms with E-state index >= 15 is 0 Å². The standard InChI is InChI=1S/C15H22N2O3.C15H20N2O3.C8H17NO2.C6H13NO2.C5H10O.2HI.Li.H2O.Sm/c2*1-4-11(3)13(15(19)20-5-2)16-17-14(18)12-9-7-6-8-10-12;1-4-6(3)7(9)8(10)11-5-2;1-3-4(2)5(7)6(8)9;1-5-3-2-4-6-5;;;;;/h6-11,13,16H,4-5H2,1-3H3,(H,17,18);4,6-11,13,16H,1,5H2,2-3H3,(H,17,18);6-7H,4-5,9H2,1-3H3;4-5H,3,7H2,1-2H3,(H,8,9);5H,2-4H2,1H3;2*1H;;1H2;/q;;;;;;;+1;;+2/p-3/t2*11-,13+;6-,7+;4-,5+;;;;;;/m0000....../s1. The molecule has 0 spiro atoms. The molecule has 1 unspecified atom stereocenters. The molecule has 0 radical (unpaired) electrons. The Morgan fingerprint density at radius 3 is 1.37 bits per heavy atom. The zero-order valence-corrected chi connectivity index (χ0v) is 50.8. The normalized spacial score (nSPS) is 15.2. The summed E-state index contributed by atoms with van der Waals surface area (Å²) in [5.41, 5.74) is 22.5. The van der Waals surface area contributed by atoms with Gasteiger partial charge in [0.1, 0.15) is 24.2 Å². The number of carboxylic acids is 1. The fourth-order valence-corrected chi connectivity index (χ4v) is 5.25. The minimum absolute atomic E-state index is 0. The number of rotatable bonds is 21. The van der Waals surface area contributed by atoms with Crippen LogP contribution in [0.1, 0.15) is 129 Å². The number of hydrazine groups is 2. The molecular formula is C49H83I2LiN6O12Sm. The first-order valence-electron chi connectivity index (χ1n) is 23.3. The number of carbonyl (C=O) groups excluding carboxylic acids is 5. The van der Waals surface area contributed by atoms with Gasteiger partial charge in [0.15, 0.2) is 0 Å². The molecule has 3 rings (SSSR count). The number of hydrogen-bond donors (Lipinski definition) is 7. The summed E-state index contributed by atoms with van der Waals surface area (Å²) in [7, 11) is 0. The van der Waals surface area contributed by atoms with Crippen LogP contribution in [0.4, 0.5) is 0 Å². The Labute approximate surface area is 468 Å². The molecule has 1 fully saturated rings. The van der Waals surface area contributed by atoms with E-state index in [0.717, 1.165) is 25.9 Å². The molecule has 0 bridgehead atoms. The van der Waals surface area contributed by atoms with Crippen molar-refractivity contribution in [1.29, 1.82) is 0 Å². The molecule has 0 saturated carbocycles. The Morgan fingerprint density at radius 2 is 1.07 bits per heavy atom. The number of nitrogens with one attached hydrogen (secondary N) is 4. The average molecular weight is 1360 g/mol. The van der Waals surface area contributed by atoms with Gasteiger partial charge in [0.25, 0.3) is 11.8 Å². The van der Waals surface area contributed by atoms with Gasteiger partial charge in [0.05, 0.1) is 25.9 Å². The zero-order chi connectivity index (χ0) is 53.3. The summed E-state index contributed by atoms with van der Waals surface area (Å²) >= 11 is 5.07. The van der Waals surface area contributed by atoms with E-state index in [4.69, 9.17) is 35.5 Å². The third kappa shape index (κ3) is 38.4. The Bertz CT molecular complexity index is 1690. The number of ether oxygens (including phenoxy) is 4. The maximum Gasteiger partial charge on any atom is 1.00 e. The summed E-state index contributed by atoms with van der Waals surface area (Å²) in [6.45, 7) is 26.5. The fourth-order valence-electron chi connectivity index (χ4n) is 5.25. The molecule has 10 N–H and O–H groups in total. The van der Waals surface area contributed by atoms with Gasteiger partial charge in [-0.1, -0.05) is 110 Å². The fraction of sp³-hybridized carbons (Fsp3) is 0.592. The van der Waals surface area contributed by atoms with E-state index < -0.39 is 36.1 Å². The van der Waals surface area contributed by atoms with Crippen LogP contribution in [0.2, 0.25) is 0 Å². The van der Waals surface area contributed by atoms with Crippen LogP contribution in [0.5, 0.6) is 0 Å². The van der Waals surface area contributed by atoms with Crippen molar-refractivity contribution in [3.05, 3.63) is 84.4 Å². The number of aliphatic carboxylic acids is 1. The van der Waals surface area contributed by atoms with Crippen LogP contribution in [0.25, 0.3) is 0 Å². The number of carbonyl (C=O) groups is 6. The largest absolute Gasteiger partial charge is 1.00 e. The van der Waals surface area contributed by atoms with Gasteiger partial charge in [-0.2, -0.15) is 0 Å². The van der Waals surface area contributed by atoms with Crippen molar-refractivity contribution >= 4 is 64.3 Å². The number of hydrogen-bond acceptors (Lipinski definition) is 15. The Kier molecular flexibility index (Phi) is 55.3. The molecule has 1 aliphatic rings. The molecule has 1 aliphatic heterocycles. The molecule has 2 aromatic rings.